The van der Waals surface area contributed by atoms with Crippen LogP contribution in [0.5, 0.6) is 0 Å². The maximum absolute atomic E-state index is 12.3. The molecular formula is C17H21N3OS. The van der Waals surface area contributed by atoms with Crippen LogP contribution in [-0.4, -0.2) is 19.0 Å². The third-order valence-electron chi connectivity index (χ3n) is 4.14. The molecule has 1 aromatic carbocycles. The van der Waals surface area contributed by atoms with Crippen molar-refractivity contribution in [1.29, 1.82) is 0 Å². The summed E-state index contributed by atoms with van der Waals surface area (Å²) in [7, 11) is 0. The molecule has 1 amide bonds. The van der Waals surface area contributed by atoms with Gasteiger partial charge in [-0.25, -0.2) is 0 Å². The van der Waals surface area contributed by atoms with E-state index in [2.05, 4.69) is 17.1 Å². The smallest absolute Gasteiger partial charge is 0.265 e. The largest absolute Gasteiger partial charge is 0.399 e. The van der Waals surface area contributed by atoms with Crippen LogP contribution in [0.25, 0.3) is 0 Å². The first-order chi connectivity index (χ1) is 10.6. The van der Waals surface area contributed by atoms with Gasteiger partial charge in [0.2, 0.25) is 0 Å². The Morgan fingerprint density at radius 1 is 1.32 bits per heavy atom. The first-order valence-corrected chi connectivity index (χ1v) is 8.51. The Morgan fingerprint density at radius 2 is 2.09 bits per heavy atom. The average Bonchev–Trinajstić information content (AvgIpc) is 3.03. The number of carbonyl (C=O) groups is 1. The van der Waals surface area contributed by atoms with Gasteiger partial charge in [-0.05, 0) is 48.4 Å². The van der Waals surface area contributed by atoms with Crippen molar-refractivity contribution < 1.29 is 4.79 Å². The molecule has 2 aromatic rings. The molecule has 5 heteroatoms. The molecule has 0 bridgehead atoms. The second-order valence-corrected chi connectivity index (χ2v) is 6.83. The minimum Gasteiger partial charge on any atom is -0.399 e. The highest BCUT2D eigenvalue weighted by Crippen LogP contribution is 2.32. The minimum absolute atomic E-state index is 0.0766. The predicted octanol–water partition coefficient (Wildman–Crippen LogP) is 3.82. The highest BCUT2D eigenvalue weighted by molar-refractivity contribution is 7.12. The molecule has 0 aliphatic carbocycles. The van der Waals surface area contributed by atoms with Gasteiger partial charge in [-0.1, -0.05) is 13.0 Å². The lowest BCUT2D eigenvalue weighted by Crippen LogP contribution is -2.33. The molecule has 0 spiro atoms. The van der Waals surface area contributed by atoms with Gasteiger partial charge in [0.15, 0.2) is 0 Å². The number of nitrogens with zero attached hydrogens (tertiary/aromatic N) is 1. The number of nitrogens with two attached hydrogens (primary N) is 1. The number of piperidine rings is 1. The lowest BCUT2D eigenvalue weighted by atomic mass is 9.98. The molecule has 1 fully saturated rings. The van der Waals surface area contributed by atoms with Gasteiger partial charge in [-0.15, -0.1) is 11.3 Å². The summed E-state index contributed by atoms with van der Waals surface area (Å²) < 4.78 is 0. The number of thiophene rings is 1. The summed E-state index contributed by atoms with van der Waals surface area (Å²) in [4.78, 5) is 15.4. The summed E-state index contributed by atoms with van der Waals surface area (Å²) in [5.74, 6) is 0.696. The molecule has 1 saturated heterocycles. The summed E-state index contributed by atoms with van der Waals surface area (Å²) in [5.41, 5.74) is 8.43. The number of rotatable bonds is 3. The Hall–Kier alpha value is -2.01. The van der Waals surface area contributed by atoms with Crippen molar-refractivity contribution in [2.24, 2.45) is 5.92 Å². The van der Waals surface area contributed by atoms with Crippen molar-refractivity contribution in [3.05, 3.63) is 40.6 Å². The number of nitrogen functional groups attached to an aromatic ring is 1. The van der Waals surface area contributed by atoms with Gasteiger partial charge in [0.25, 0.3) is 5.91 Å². The molecular weight excluding hydrogens is 294 g/mol. The van der Waals surface area contributed by atoms with Crippen molar-refractivity contribution in [1.82, 2.24) is 0 Å². The van der Waals surface area contributed by atoms with Gasteiger partial charge in [-0.2, -0.15) is 0 Å². The van der Waals surface area contributed by atoms with Crippen LogP contribution in [0.3, 0.4) is 0 Å². The zero-order valence-corrected chi connectivity index (χ0v) is 13.5. The molecule has 2 heterocycles. The van der Waals surface area contributed by atoms with Gasteiger partial charge < -0.3 is 16.0 Å². The number of hydrogen-bond acceptors (Lipinski definition) is 4. The standard InChI is InChI=1S/C17H21N3OS/c1-12-6-8-20(9-7-12)15-5-4-13(18)11-14(15)19-17(21)16-3-2-10-22-16/h2-5,10-12H,6-9,18H2,1H3,(H,19,21). The van der Waals surface area contributed by atoms with Crippen molar-refractivity contribution in [3.8, 4) is 0 Å². The Bertz CT molecular complexity index is 646. The predicted molar refractivity (Wildman–Crippen MR) is 93.7 cm³/mol. The Morgan fingerprint density at radius 3 is 2.77 bits per heavy atom. The molecule has 22 heavy (non-hydrogen) atoms. The quantitative estimate of drug-likeness (QED) is 0.847. The summed E-state index contributed by atoms with van der Waals surface area (Å²) >= 11 is 1.44. The molecule has 1 aliphatic heterocycles. The molecule has 3 rings (SSSR count). The second-order valence-electron chi connectivity index (χ2n) is 5.88. The van der Waals surface area contributed by atoms with E-state index in [9.17, 15) is 4.79 Å². The third kappa shape index (κ3) is 3.25. The van der Waals surface area contributed by atoms with Crippen molar-refractivity contribution in [2.75, 3.05) is 29.0 Å². The number of amides is 1. The van der Waals surface area contributed by atoms with Gasteiger partial charge in [-0.3, -0.25) is 4.79 Å². The second kappa shape index (κ2) is 6.40. The Labute approximate surface area is 134 Å². The van der Waals surface area contributed by atoms with Crippen molar-refractivity contribution in [2.45, 2.75) is 19.8 Å². The molecule has 4 nitrogen and oxygen atoms in total. The van der Waals surface area contributed by atoms with Gasteiger partial charge in [0.05, 0.1) is 16.3 Å². The van der Waals surface area contributed by atoms with Gasteiger partial charge in [0.1, 0.15) is 0 Å². The van der Waals surface area contributed by atoms with Crippen LogP contribution in [0.4, 0.5) is 17.1 Å². The van der Waals surface area contributed by atoms with Crippen LogP contribution in [0.2, 0.25) is 0 Å². The zero-order chi connectivity index (χ0) is 15.5. The molecule has 1 aliphatic rings. The zero-order valence-electron chi connectivity index (χ0n) is 12.7. The molecule has 0 unspecified atom stereocenters. The van der Waals surface area contributed by atoms with Crippen LogP contribution in [-0.2, 0) is 0 Å². The van der Waals surface area contributed by atoms with Crippen LogP contribution in [0, 0.1) is 5.92 Å². The topological polar surface area (TPSA) is 58.4 Å². The van der Waals surface area contributed by atoms with E-state index >= 15 is 0 Å². The monoisotopic (exact) mass is 315 g/mol. The van der Waals surface area contributed by atoms with E-state index in [1.807, 2.05) is 35.7 Å². The van der Waals surface area contributed by atoms with E-state index < -0.39 is 0 Å². The average molecular weight is 315 g/mol. The summed E-state index contributed by atoms with van der Waals surface area (Å²) in [6.07, 6.45) is 2.37. The summed E-state index contributed by atoms with van der Waals surface area (Å²) in [6, 6.07) is 9.46. The summed E-state index contributed by atoms with van der Waals surface area (Å²) in [5, 5.41) is 4.92. The fourth-order valence-corrected chi connectivity index (χ4v) is 3.39. The van der Waals surface area contributed by atoms with E-state index in [1.165, 1.54) is 24.2 Å². The van der Waals surface area contributed by atoms with Crippen molar-refractivity contribution >= 4 is 34.3 Å². The molecule has 0 atom stereocenters. The molecule has 0 saturated carbocycles. The SMILES string of the molecule is CC1CCN(c2ccc(N)cc2NC(=O)c2cccs2)CC1. The fraction of sp³-hybridized carbons (Fsp3) is 0.353. The lowest BCUT2D eigenvalue weighted by Gasteiger charge is -2.33. The maximum Gasteiger partial charge on any atom is 0.265 e. The van der Waals surface area contributed by atoms with Crippen LogP contribution in [0.15, 0.2) is 35.7 Å². The van der Waals surface area contributed by atoms with E-state index in [-0.39, 0.29) is 5.91 Å². The molecule has 116 valence electrons. The first-order valence-electron chi connectivity index (χ1n) is 7.63. The fourth-order valence-electron chi connectivity index (χ4n) is 2.77. The van der Waals surface area contributed by atoms with Gasteiger partial charge >= 0.3 is 0 Å². The van der Waals surface area contributed by atoms with E-state index in [0.717, 1.165) is 30.4 Å². The van der Waals surface area contributed by atoms with Gasteiger partial charge in [0, 0.05) is 18.8 Å². The molecule has 0 radical (unpaired) electrons. The normalized spacial score (nSPS) is 15.8. The maximum atomic E-state index is 12.3. The number of carbonyl (C=O) groups excluding carboxylic acids is 1. The molecule has 1 aromatic heterocycles. The Kier molecular flexibility index (Phi) is 4.34. The van der Waals surface area contributed by atoms with E-state index in [4.69, 9.17) is 5.73 Å². The summed E-state index contributed by atoms with van der Waals surface area (Å²) in [6.45, 7) is 4.33. The first kappa shape index (κ1) is 14.9. The highest BCUT2D eigenvalue weighted by atomic mass is 32.1. The van der Waals surface area contributed by atoms with E-state index in [1.54, 1.807) is 0 Å². The number of hydrogen-bond donors (Lipinski definition) is 2. The number of anilines is 3. The van der Waals surface area contributed by atoms with Crippen LogP contribution in [0.1, 0.15) is 29.4 Å². The number of benzene rings is 1. The lowest BCUT2D eigenvalue weighted by molar-refractivity contribution is 0.103. The molecule has 3 N–H and O–H groups in total. The van der Waals surface area contributed by atoms with Crippen molar-refractivity contribution in [3.63, 3.8) is 0 Å². The Balaban J connectivity index is 1.83. The van der Waals surface area contributed by atoms with E-state index in [0.29, 0.717) is 10.6 Å². The minimum atomic E-state index is -0.0766. The third-order valence-corrected chi connectivity index (χ3v) is 5.01. The highest BCUT2D eigenvalue weighted by Gasteiger charge is 2.19. The van der Waals surface area contributed by atoms with Crippen LogP contribution >= 0.6 is 11.3 Å². The van der Waals surface area contributed by atoms with Crippen LogP contribution < -0.4 is 16.0 Å². The number of nitrogens with one attached hydrogen (secondary N) is 1.